The SMILES string of the molecule is C=CC(=O)OC(C)(CC)C(=O)O. The lowest BCUT2D eigenvalue weighted by Crippen LogP contribution is -2.39. The van der Waals surface area contributed by atoms with Gasteiger partial charge in [-0.3, -0.25) is 0 Å². The highest BCUT2D eigenvalue weighted by Crippen LogP contribution is 2.15. The minimum Gasteiger partial charge on any atom is -0.478 e. The highest BCUT2D eigenvalue weighted by molar-refractivity contribution is 5.86. The second-order valence-corrected chi connectivity index (χ2v) is 2.51. The van der Waals surface area contributed by atoms with E-state index in [2.05, 4.69) is 11.3 Å². The van der Waals surface area contributed by atoms with Gasteiger partial charge in [-0.2, -0.15) is 0 Å². The molecule has 12 heavy (non-hydrogen) atoms. The summed E-state index contributed by atoms with van der Waals surface area (Å²) < 4.78 is 4.64. The lowest BCUT2D eigenvalue weighted by Gasteiger charge is -2.22. The molecule has 0 saturated heterocycles. The quantitative estimate of drug-likeness (QED) is 0.507. The smallest absolute Gasteiger partial charge is 0.347 e. The van der Waals surface area contributed by atoms with Crippen molar-refractivity contribution in [3.63, 3.8) is 0 Å². The number of rotatable bonds is 4. The van der Waals surface area contributed by atoms with Crippen LogP contribution < -0.4 is 0 Å². The number of hydrogen-bond donors (Lipinski definition) is 1. The van der Waals surface area contributed by atoms with Crippen molar-refractivity contribution in [2.24, 2.45) is 0 Å². The molecule has 0 heterocycles. The van der Waals surface area contributed by atoms with Gasteiger partial charge in [0.2, 0.25) is 5.60 Å². The Balaban J connectivity index is 4.44. The molecule has 1 N–H and O–H groups in total. The van der Waals surface area contributed by atoms with Crippen molar-refractivity contribution in [2.75, 3.05) is 0 Å². The molecule has 0 aliphatic heterocycles. The highest BCUT2D eigenvalue weighted by atomic mass is 16.6. The molecule has 4 heteroatoms. The molecule has 0 fully saturated rings. The third-order valence-corrected chi connectivity index (χ3v) is 1.62. The largest absolute Gasteiger partial charge is 0.478 e. The fraction of sp³-hybridized carbons (Fsp3) is 0.500. The molecule has 0 amide bonds. The maximum atomic E-state index is 10.7. The van der Waals surface area contributed by atoms with Gasteiger partial charge in [-0.1, -0.05) is 13.5 Å². The van der Waals surface area contributed by atoms with Gasteiger partial charge in [-0.25, -0.2) is 9.59 Å². The normalized spacial score (nSPS) is 14.5. The Bertz CT molecular complexity index is 209. The van der Waals surface area contributed by atoms with E-state index in [1.54, 1.807) is 6.92 Å². The van der Waals surface area contributed by atoms with Crippen molar-refractivity contribution in [1.29, 1.82) is 0 Å². The molecule has 4 nitrogen and oxygen atoms in total. The van der Waals surface area contributed by atoms with Gasteiger partial charge in [-0.05, 0) is 13.3 Å². The van der Waals surface area contributed by atoms with E-state index >= 15 is 0 Å². The summed E-state index contributed by atoms with van der Waals surface area (Å²) in [4.78, 5) is 21.3. The summed E-state index contributed by atoms with van der Waals surface area (Å²) in [7, 11) is 0. The van der Waals surface area contributed by atoms with Gasteiger partial charge in [0.1, 0.15) is 0 Å². The Morgan fingerprint density at radius 1 is 1.67 bits per heavy atom. The number of aliphatic carboxylic acids is 1. The van der Waals surface area contributed by atoms with Crippen molar-refractivity contribution < 1.29 is 19.4 Å². The van der Waals surface area contributed by atoms with Gasteiger partial charge in [0.15, 0.2) is 0 Å². The number of carboxylic acids is 1. The van der Waals surface area contributed by atoms with Crippen LogP contribution >= 0.6 is 0 Å². The molecule has 0 radical (unpaired) electrons. The lowest BCUT2D eigenvalue weighted by molar-refractivity contribution is -0.173. The molecule has 0 aromatic carbocycles. The lowest BCUT2D eigenvalue weighted by atomic mass is 10.0. The molecule has 0 aliphatic carbocycles. The summed E-state index contributed by atoms with van der Waals surface area (Å²) in [6.45, 7) is 6.14. The standard InChI is InChI=1S/C8H12O4/c1-4-6(9)12-8(3,5-2)7(10)11/h4H,1,5H2,2-3H3,(H,10,11). The second-order valence-electron chi connectivity index (χ2n) is 2.51. The predicted molar refractivity (Wildman–Crippen MR) is 42.6 cm³/mol. The first-order chi connectivity index (χ1) is 5.46. The van der Waals surface area contributed by atoms with Crippen molar-refractivity contribution in [1.82, 2.24) is 0 Å². The van der Waals surface area contributed by atoms with E-state index in [1.165, 1.54) is 6.92 Å². The van der Waals surface area contributed by atoms with Gasteiger partial charge in [-0.15, -0.1) is 0 Å². The van der Waals surface area contributed by atoms with Crippen LogP contribution in [0.3, 0.4) is 0 Å². The number of carboxylic acid groups (broad SMARTS) is 1. The second kappa shape index (κ2) is 3.90. The van der Waals surface area contributed by atoms with Gasteiger partial charge in [0.25, 0.3) is 0 Å². The zero-order valence-corrected chi connectivity index (χ0v) is 7.16. The van der Waals surface area contributed by atoms with Crippen molar-refractivity contribution in [3.05, 3.63) is 12.7 Å². The molecule has 0 spiro atoms. The van der Waals surface area contributed by atoms with Crippen LogP contribution in [0, 0.1) is 0 Å². The summed E-state index contributed by atoms with van der Waals surface area (Å²) in [5, 5.41) is 8.67. The molecule has 0 aromatic heterocycles. The first-order valence-electron chi connectivity index (χ1n) is 3.55. The molecule has 0 saturated carbocycles. The van der Waals surface area contributed by atoms with Crippen LogP contribution in [0.15, 0.2) is 12.7 Å². The van der Waals surface area contributed by atoms with Crippen molar-refractivity contribution in [2.45, 2.75) is 25.9 Å². The zero-order chi connectivity index (χ0) is 9.78. The first kappa shape index (κ1) is 10.7. The van der Waals surface area contributed by atoms with Gasteiger partial charge in [0.05, 0.1) is 0 Å². The van der Waals surface area contributed by atoms with Crippen LogP contribution in [0.5, 0.6) is 0 Å². The third-order valence-electron chi connectivity index (χ3n) is 1.62. The molecule has 0 bridgehead atoms. The minimum atomic E-state index is -1.44. The average molecular weight is 172 g/mol. The Hall–Kier alpha value is -1.32. The minimum absolute atomic E-state index is 0.224. The number of carbonyl (C=O) groups is 2. The topological polar surface area (TPSA) is 63.6 Å². The molecular formula is C8H12O4. The molecule has 0 rings (SSSR count). The molecule has 68 valence electrons. The monoisotopic (exact) mass is 172 g/mol. The summed E-state index contributed by atoms with van der Waals surface area (Å²) in [6.07, 6.45) is 1.17. The van der Waals surface area contributed by atoms with Crippen LogP contribution in [0.4, 0.5) is 0 Å². The van der Waals surface area contributed by atoms with Crippen LogP contribution in [0.1, 0.15) is 20.3 Å². The van der Waals surface area contributed by atoms with Crippen LogP contribution in [0.2, 0.25) is 0 Å². The molecule has 1 atom stereocenters. The van der Waals surface area contributed by atoms with E-state index in [1.807, 2.05) is 0 Å². The van der Waals surface area contributed by atoms with E-state index in [9.17, 15) is 9.59 Å². The van der Waals surface area contributed by atoms with Crippen molar-refractivity contribution in [3.8, 4) is 0 Å². The maximum absolute atomic E-state index is 10.7. The highest BCUT2D eigenvalue weighted by Gasteiger charge is 2.34. The summed E-state index contributed by atoms with van der Waals surface area (Å²) in [5.41, 5.74) is -1.44. The summed E-state index contributed by atoms with van der Waals surface area (Å²) in [6, 6.07) is 0. The Labute approximate surface area is 70.8 Å². The van der Waals surface area contributed by atoms with Crippen LogP contribution in [-0.4, -0.2) is 22.6 Å². The van der Waals surface area contributed by atoms with Gasteiger partial charge in [0, 0.05) is 6.08 Å². The Morgan fingerprint density at radius 3 is 2.42 bits per heavy atom. The third kappa shape index (κ3) is 2.38. The van der Waals surface area contributed by atoms with Crippen LogP contribution in [0.25, 0.3) is 0 Å². The fourth-order valence-electron chi connectivity index (χ4n) is 0.531. The average Bonchev–Trinajstić information content (AvgIpc) is 2.03. The Kier molecular flexibility index (Phi) is 3.47. The summed E-state index contributed by atoms with van der Waals surface area (Å²) in [5.74, 6) is -1.87. The zero-order valence-electron chi connectivity index (χ0n) is 7.16. The number of esters is 1. The van der Waals surface area contributed by atoms with E-state index in [-0.39, 0.29) is 6.42 Å². The van der Waals surface area contributed by atoms with Crippen LogP contribution in [-0.2, 0) is 14.3 Å². The van der Waals surface area contributed by atoms with Crippen molar-refractivity contribution >= 4 is 11.9 Å². The van der Waals surface area contributed by atoms with Gasteiger partial charge < -0.3 is 9.84 Å². The number of ether oxygens (including phenoxy) is 1. The molecular weight excluding hydrogens is 160 g/mol. The van der Waals surface area contributed by atoms with E-state index in [4.69, 9.17) is 5.11 Å². The fourth-order valence-corrected chi connectivity index (χ4v) is 0.531. The maximum Gasteiger partial charge on any atom is 0.347 e. The van der Waals surface area contributed by atoms with E-state index in [0.29, 0.717) is 0 Å². The molecule has 0 aromatic rings. The number of hydrogen-bond acceptors (Lipinski definition) is 3. The Morgan fingerprint density at radius 2 is 2.17 bits per heavy atom. The van der Waals surface area contributed by atoms with E-state index < -0.39 is 17.5 Å². The molecule has 0 aliphatic rings. The first-order valence-corrected chi connectivity index (χ1v) is 3.55. The molecule has 1 unspecified atom stereocenters. The predicted octanol–water partition coefficient (Wildman–Crippen LogP) is 0.969. The summed E-state index contributed by atoms with van der Waals surface area (Å²) >= 11 is 0. The van der Waals surface area contributed by atoms with Gasteiger partial charge >= 0.3 is 11.9 Å². The van der Waals surface area contributed by atoms with E-state index in [0.717, 1.165) is 6.08 Å². The number of carbonyl (C=O) groups excluding carboxylic acids is 1.